The lowest BCUT2D eigenvalue weighted by atomic mass is 9.84. The van der Waals surface area contributed by atoms with E-state index in [-0.39, 0.29) is 22.3 Å². The highest BCUT2D eigenvalue weighted by atomic mass is 16.3. The number of benzene rings is 6. The zero-order valence-electron chi connectivity index (χ0n) is 29.2. The van der Waals surface area contributed by atoms with Gasteiger partial charge in [-0.25, -0.2) is 0 Å². The Bertz CT molecular complexity index is 2080. The number of hydrogen-bond acceptors (Lipinski definition) is 4. The van der Waals surface area contributed by atoms with Crippen LogP contribution in [0.4, 0.5) is 11.4 Å². The minimum Gasteiger partial charge on any atom is -0.507 e. The molecule has 0 fully saturated rings. The van der Waals surface area contributed by atoms with Crippen LogP contribution in [-0.2, 0) is 10.8 Å². The van der Waals surface area contributed by atoms with Crippen molar-refractivity contribution >= 4 is 45.3 Å². The number of aromatic hydroxyl groups is 2. The molecule has 4 nitrogen and oxygen atoms in total. The van der Waals surface area contributed by atoms with Crippen molar-refractivity contribution in [3.05, 3.63) is 130 Å². The standard InChI is InChI=1S/C44H44N2O2/c1-27-21-31(41(47)35(23-27)43(3,4)5)25-45-37-19-17-29-13-9-11-15-33(29)39(37)40-34-16-12-10-14-30(34)18-20-38(40)46-26-32-22-28(2)24-36(42(32)48)44(6,7)8/h9-26,47-48H,1-8H3. The monoisotopic (exact) mass is 632 g/mol. The number of phenols is 2. The first kappa shape index (κ1) is 32.7. The van der Waals surface area contributed by atoms with Gasteiger partial charge in [0.05, 0.1) is 11.4 Å². The average Bonchev–Trinajstić information content (AvgIpc) is 3.03. The summed E-state index contributed by atoms with van der Waals surface area (Å²) in [4.78, 5) is 10.2. The van der Waals surface area contributed by atoms with E-state index in [9.17, 15) is 10.2 Å². The third kappa shape index (κ3) is 6.35. The summed E-state index contributed by atoms with van der Waals surface area (Å²) in [7, 11) is 0. The van der Waals surface area contributed by atoms with E-state index in [0.29, 0.717) is 11.1 Å². The molecule has 0 bridgehead atoms. The van der Waals surface area contributed by atoms with Crippen molar-refractivity contribution in [3.63, 3.8) is 0 Å². The molecule has 0 radical (unpaired) electrons. The summed E-state index contributed by atoms with van der Waals surface area (Å²) < 4.78 is 0. The highest BCUT2D eigenvalue weighted by molar-refractivity contribution is 6.13. The molecule has 4 heteroatoms. The minimum atomic E-state index is -0.220. The molecule has 0 aromatic heterocycles. The molecule has 0 amide bonds. The third-order valence-electron chi connectivity index (χ3n) is 8.93. The number of fused-ring (bicyclic) bond motifs is 2. The number of aryl methyl sites for hydroxylation is 2. The van der Waals surface area contributed by atoms with Gasteiger partial charge in [-0.05, 0) is 81.6 Å². The molecule has 0 aliphatic rings. The lowest BCUT2D eigenvalue weighted by Crippen LogP contribution is -2.12. The Kier molecular flexibility index (Phi) is 8.47. The van der Waals surface area contributed by atoms with Crippen molar-refractivity contribution < 1.29 is 10.2 Å². The Morgan fingerprint density at radius 2 is 0.875 bits per heavy atom. The third-order valence-corrected chi connectivity index (χ3v) is 8.93. The van der Waals surface area contributed by atoms with Crippen molar-refractivity contribution in [3.8, 4) is 22.6 Å². The number of rotatable bonds is 5. The Morgan fingerprint density at radius 3 is 1.25 bits per heavy atom. The maximum atomic E-state index is 11.3. The van der Waals surface area contributed by atoms with Crippen LogP contribution in [0.15, 0.2) is 107 Å². The SMILES string of the molecule is Cc1cc(C=Nc2ccc3ccccc3c2-c2c(N=Cc3cc(C)cc(C(C)(C)C)c3O)ccc3ccccc23)c(O)c(C(C)(C)C)c1. The van der Waals surface area contributed by atoms with E-state index < -0.39 is 0 Å². The molecular formula is C44H44N2O2. The highest BCUT2D eigenvalue weighted by Gasteiger charge is 2.22. The molecule has 0 atom stereocenters. The summed E-state index contributed by atoms with van der Waals surface area (Å²) in [5.41, 5.74) is 8.30. The summed E-state index contributed by atoms with van der Waals surface area (Å²) in [6.07, 6.45) is 3.55. The topological polar surface area (TPSA) is 65.2 Å². The Hall–Kier alpha value is -5.22. The average molecular weight is 633 g/mol. The lowest BCUT2D eigenvalue weighted by molar-refractivity contribution is 0.445. The van der Waals surface area contributed by atoms with Crippen LogP contribution in [0.3, 0.4) is 0 Å². The van der Waals surface area contributed by atoms with Crippen molar-refractivity contribution in [2.45, 2.75) is 66.2 Å². The summed E-state index contributed by atoms with van der Waals surface area (Å²) in [5, 5.41) is 26.9. The maximum Gasteiger partial charge on any atom is 0.128 e. The van der Waals surface area contributed by atoms with Crippen molar-refractivity contribution in [2.75, 3.05) is 0 Å². The molecule has 0 aliphatic heterocycles. The quantitative estimate of drug-likeness (QED) is 0.186. The zero-order chi connectivity index (χ0) is 34.4. The molecule has 6 rings (SSSR count). The number of phenolic OH excluding ortho intramolecular Hbond substituents is 2. The second-order valence-electron chi connectivity index (χ2n) is 14.9. The van der Waals surface area contributed by atoms with Crippen molar-refractivity contribution in [1.82, 2.24) is 0 Å². The Balaban J connectivity index is 1.61. The summed E-state index contributed by atoms with van der Waals surface area (Å²) in [6, 6.07) is 33.0. The zero-order valence-corrected chi connectivity index (χ0v) is 29.2. The van der Waals surface area contributed by atoms with Crippen molar-refractivity contribution in [2.24, 2.45) is 9.98 Å². The van der Waals surface area contributed by atoms with Gasteiger partial charge in [0.25, 0.3) is 0 Å². The van der Waals surface area contributed by atoms with E-state index in [1.54, 1.807) is 12.4 Å². The van der Waals surface area contributed by atoms with Gasteiger partial charge >= 0.3 is 0 Å². The predicted octanol–water partition coefficient (Wildman–Crippen LogP) is 11.8. The molecule has 2 N–H and O–H groups in total. The molecule has 6 aromatic rings. The van der Waals surface area contributed by atoms with E-state index in [4.69, 9.17) is 9.98 Å². The Morgan fingerprint density at radius 1 is 0.500 bits per heavy atom. The second-order valence-corrected chi connectivity index (χ2v) is 14.9. The molecule has 0 heterocycles. The van der Waals surface area contributed by atoms with Gasteiger partial charge in [-0.3, -0.25) is 9.98 Å². The van der Waals surface area contributed by atoms with Gasteiger partial charge in [-0.2, -0.15) is 0 Å². The van der Waals surface area contributed by atoms with Gasteiger partial charge < -0.3 is 10.2 Å². The number of hydrogen-bond donors (Lipinski definition) is 2. The fraction of sp³-hybridized carbons (Fsp3) is 0.227. The second kappa shape index (κ2) is 12.4. The normalized spacial score (nSPS) is 12.6. The Labute approximate surface area is 284 Å². The van der Waals surface area contributed by atoms with Crippen LogP contribution in [0.1, 0.15) is 74.9 Å². The van der Waals surface area contributed by atoms with Gasteiger partial charge in [-0.15, -0.1) is 0 Å². The van der Waals surface area contributed by atoms with Gasteiger partial charge in [0.1, 0.15) is 11.5 Å². The smallest absolute Gasteiger partial charge is 0.128 e. The molecule has 48 heavy (non-hydrogen) atoms. The molecular weight excluding hydrogens is 588 g/mol. The van der Waals surface area contributed by atoms with Gasteiger partial charge in [-0.1, -0.05) is 114 Å². The van der Waals surface area contributed by atoms with Crippen LogP contribution in [0.5, 0.6) is 11.5 Å². The van der Waals surface area contributed by atoms with E-state index in [1.807, 2.05) is 74.5 Å². The fourth-order valence-corrected chi connectivity index (χ4v) is 6.49. The van der Waals surface area contributed by atoms with Crippen LogP contribution in [-0.4, -0.2) is 22.6 Å². The van der Waals surface area contributed by atoms with Crippen LogP contribution in [0.2, 0.25) is 0 Å². The van der Waals surface area contributed by atoms with Gasteiger partial charge in [0.2, 0.25) is 0 Å². The van der Waals surface area contributed by atoms with Gasteiger partial charge in [0, 0.05) is 45.8 Å². The molecule has 0 saturated carbocycles. The molecule has 0 spiro atoms. The maximum absolute atomic E-state index is 11.3. The highest BCUT2D eigenvalue weighted by Crippen LogP contribution is 2.46. The minimum absolute atomic E-state index is 0.220. The number of aliphatic imine (C=N–C) groups is 2. The van der Waals surface area contributed by atoms with E-state index >= 15 is 0 Å². The van der Waals surface area contributed by atoms with Crippen molar-refractivity contribution in [1.29, 1.82) is 0 Å². The molecule has 0 unspecified atom stereocenters. The largest absolute Gasteiger partial charge is 0.507 e. The summed E-state index contributed by atoms with van der Waals surface area (Å²) >= 11 is 0. The summed E-state index contributed by atoms with van der Waals surface area (Å²) in [5.74, 6) is 0.504. The van der Waals surface area contributed by atoms with Gasteiger partial charge in [0.15, 0.2) is 0 Å². The summed E-state index contributed by atoms with van der Waals surface area (Å²) in [6.45, 7) is 16.7. The van der Waals surface area contributed by atoms with Crippen LogP contribution in [0.25, 0.3) is 32.7 Å². The van der Waals surface area contributed by atoms with Crippen LogP contribution in [0, 0.1) is 13.8 Å². The van der Waals surface area contributed by atoms with E-state index in [2.05, 4.69) is 77.9 Å². The first-order valence-electron chi connectivity index (χ1n) is 16.5. The van der Waals surface area contributed by atoms with Crippen LogP contribution < -0.4 is 0 Å². The molecule has 6 aromatic carbocycles. The molecule has 0 saturated heterocycles. The van der Waals surface area contributed by atoms with E-state index in [0.717, 1.165) is 66.3 Å². The molecule has 242 valence electrons. The fourth-order valence-electron chi connectivity index (χ4n) is 6.49. The lowest BCUT2D eigenvalue weighted by Gasteiger charge is -2.22. The van der Waals surface area contributed by atoms with Crippen LogP contribution >= 0.6 is 0 Å². The predicted molar refractivity (Wildman–Crippen MR) is 204 cm³/mol. The first-order chi connectivity index (χ1) is 22.7. The number of nitrogens with zero attached hydrogens (tertiary/aromatic N) is 2. The molecule has 0 aliphatic carbocycles. The first-order valence-corrected chi connectivity index (χ1v) is 16.5. The van der Waals surface area contributed by atoms with E-state index in [1.165, 1.54) is 0 Å².